The second kappa shape index (κ2) is 5.30. The van der Waals surface area contributed by atoms with Gasteiger partial charge in [-0.15, -0.1) is 0 Å². The molecule has 0 aromatic heterocycles. The lowest BCUT2D eigenvalue weighted by molar-refractivity contribution is 0.130. The third-order valence-corrected chi connectivity index (χ3v) is 2.36. The molecule has 0 fully saturated rings. The first-order valence-electron chi connectivity index (χ1n) is 5.37. The van der Waals surface area contributed by atoms with Crippen LogP contribution < -0.4 is 11.1 Å². The Morgan fingerprint density at radius 3 is 2.31 bits per heavy atom. The first-order chi connectivity index (χ1) is 7.43. The van der Waals surface area contributed by atoms with Crippen LogP contribution in [0.2, 0.25) is 0 Å². The first-order valence-corrected chi connectivity index (χ1v) is 5.37. The van der Waals surface area contributed by atoms with E-state index in [0.717, 1.165) is 11.3 Å². The fourth-order valence-electron chi connectivity index (χ4n) is 1.24. The number of hydrogen-bond donors (Lipinski definition) is 4. The molecule has 1 rings (SSSR count). The van der Waals surface area contributed by atoms with Crippen LogP contribution >= 0.6 is 0 Å². The van der Waals surface area contributed by atoms with Crippen molar-refractivity contribution in [3.8, 4) is 0 Å². The Balaban J connectivity index is 2.62. The Labute approximate surface area is 96.1 Å². The number of benzene rings is 1. The van der Waals surface area contributed by atoms with Crippen molar-refractivity contribution >= 4 is 5.69 Å². The van der Waals surface area contributed by atoms with Crippen LogP contribution in [0.25, 0.3) is 0 Å². The van der Waals surface area contributed by atoms with Gasteiger partial charge in [0.05, 0.1) is 5.54 Å². The highest BCUT2D eigenvalue weighted by Crippen LogP contribution is 2.14. The lowest BCUT2D eigenvalue weighted by Crippen LogP contribution is -2.49. The second-order valence-electron chi connectivity index (χ2n) is 4.54. The third kappa shape index (κ3) is 3.81. The molecule has 1 unspecified atom stereocenters. The average molecular weight is 224 g/mol. The molecule has 0 heterocycles. The molecule has 1 aromatic rings. The highest BCUT2D eigenvalue weighted by atomic mass is 16.3. The molecule has 0 radical (unpaired) electrons. The van der Waals surface area contributed by atoms with Crippen molar-refractivity contribution in [2.75, 3.05) is 11.9 Å². The van der Waals surface area contributed by atoms with E-state index in [1.54, 1.807) is 13.8 Å². The van der Waals surface area contributed by atoms with Gasteiger partial charge in [-0.25, -0.2) is 0 Å². The molecule has 4 nitrogen and oxygen atoms in total. The predicted octanol–water partition coefficient (Wildman–Crippen LogP) is 0.689. The smallest absolute Gasteiger partial charge is 0.142 e. The van der Waals surface area contributed by atoms with Gasteiger partial charge in [0.2, 0.25) is 0 Å². The second-order valence-corrected chi connectivity index (χ2v) is 4.54. The summed E-state index contributed by atoms with van der Waals surface area (Å²) in [5, 5.41) is 21.4. The standard InChI is InChI=1S/C12H20N2O2/c1-12(2,13)11(16)14-10-5-3-9(4-6-10)7-8-15/h3-6,11,14-16H,7-8,13H2,1-2H3. The number of anilines is 1. The van der Waals surface area contributed by atoms with Gasteiger partial charge in [0, 0.05) is 12.3 Å². The van der Waals surface area contributed by atoms with E-state index in [1.165, 1.54) is 0 Å². The molecule has 5 N–H and O–H groups in total. The van der Waals surface area contributed by atoms with Crippen LogP contribution in [0.3, 0.4) is 0 Å². The number of rotatable bonds is 5. The maximum atomic E-state index is 9.74. The molecule has 0 aliphatic rings. The highest BCUT2D eigenvalue weighted by molar-refractivity contribution is 5.45. The van der Waals surface area contributed by atoms with Gasteiger partial charge in [0.25, 0.3) is 0 Å². The molecule has 1 aromatic carbocycles. The number of aliphatic hydroxyl groups excluding tert-OH is 2. The highest BCUT2D eigenvalue weighted by Gasteiger charge is 2.22. The molecule has 0 saturated carbocycles. The molecule has 0 saturated heterocycles. The van der Waals surface area contributed by atoms with Gasteiger partial charge >= 0.3 is 0 Å². The van der Waals surface area contributed by atoms with Gasteiger partial charge in [0.1, 0.15) is 6.23 Å². The largest absolute Gasteiger partial charge is 0.396 e. The van der Waals surface area contributed by atoms with E-state index in [0.29, 0.717) is 6.42 Å². The Bertz CT molecular complexity index is 317. The van der Waals surface area contributed by atoms with Crippen molar-refractivity contribution in [2.45, 2.75) is 32.0 Å². The summed E-state index contributed by atoms with van der Waals surface area (Å²) in [5.74, 6) is 0. The fraction of sp³-hybridized carbons (Fsp3) is 0.500. The summed E-state index contributed by atoms with van der Waals surface area (Å²) in [4.78, 5) is 0. The Hall–Kier alpha value is -1.10. The molecule has 0 bridgehead atoms. The van der Waals surface area contributed by atoms with Crippen LogP contribution in [-0.4, -0.2) is 28.6 Å². The molecular formula is C12H20N2O2. The summed E-state index contributed by atoms with van der Waals surface area (Å²) in [6.45, 7) is 3.65. The molecule has 4 heteroatoms. The normalized spacial score (nSPS) is 13.6. The molecule has 16 heavy (non-hydrogen) atoms. The zero-order valence-electron chi connectivity index (χ0n) is 9.77. The average Bonchev–Trinajstić information content (AvgIpc) is 2.20. The number of nitrogens with one attached hydrogen (secondary N) is 1. The SMILES string of the molecule is CC(C)(N)C(O)Nc1ccc(CCO)cc1. The topological polar surface area (TPSA) is 78.5 Å². The third-order valence-electron chi connectivity index (χ3n) is 2.36. The summed E-state index contributed by atoms with van der Waals surface area (Å²) in [5.41, 5.74) is 6.95. The van der Waals surface area contributed by atoms with E-state index in [4.69, 9.17) is 10.8 Å². The Kier molecular flexibility index (Phi) is 4.29. The van der Waals surface area contributed by atoms with Crippen LogP contribution in [0.5, 0.6) is 0 Å². The first kappa shape index (κ1) is 13.0. The van der Waals surface area contributed by atoms with Crippen molar-refractivity contribution in [3.63, 3.8) is 0 Å². The lowest BCUT2D eigenvalue weighted by Gasteiger charge is -2.27. The molecular weight excluding hydrogens is 204 g/mol. The molecule has 90 valence electrons. The maximum absolute atomic E-state index is 9.74. The molecule has 0 aliphatic heterocycles. The van der Waals surface area contributed by atoms with E-state index in [2.05, 4.69) is 5.32 Å². The minimum atomic E-state index is -0.795. The van der Waals surface area contributed by atoms with Crippen LogP contribution in [-0.2, 0) is 6.42 Å². The van der Waals surface area contributed by atoms with Crippen molar-refractivity contribution in [1.82, 2.24) is 0 Å². The quantitative estimate of drug-likeness (QED) is 0.555. The van der Waals surface area contributed by atoms with Gasteiger partial charge in [-0.05, 0) is 38.0 Å². The summed E-state index contributed by atoms with van der Waals surface area (Å²) < 4.78 is 0. The van der Waals surface area contributed by atoms with Crippen molar-refractivity contribution in [2.24, 2.45) is 5.73 Å². The van der Waals surface area contributed by atoms with E-state index in [-0.39, 0.29) is 6.61 Å². The lowest BCUT2D eigenvalue weighted by atomic mass is 10.0. The molecule has 0 aliphatic carbocycles. The number of aliphatic hydroxyl groups is 2. The van der Waals surface area contributed by atoms with Crippen LogP contribution in [0.1, 0.15) is 19.4 Å². The molecule has 1 atom stereocenters. The van der Waals surface area contributed by atoms with Crippen LogP contribution in [0.4, 0.5) is 5.69 Å². The zero-order valence-corrected chi connectivity index (χ0v) is 9.77. The maximum Gasteiger partial charge on any atom is 0.142 e. The van der Waals surface area contributed by atoms with Crippen LogP contribution in [0, 0.1) is 0 Å². The minimum Gasteiger partial charge on any atom is -0.396 e. The van der Waals surface area contributed by atoms with Gasteiger partial charge in [-0.3, -0.25) is 0 Å². The van der Waals surface area contributed by atoms with Gasteiger partial charge in [0.15, 0.2) is 0 Å². The van der Waals surface area contributed by atoms with Gasteiger partial charge < -0.3 is 21.3 Å². The van der Waals surface area contributed by atoms with Crippen molar-refractivity contribution in [3.05, 3.63) is 29.8 Å². The number of nitrogens with two attached hydrogens (primary N) is 1. The van der Waals surface area contributed by atoms with E-state index in [9.17, 15) is 5.11 Å². The molecule has 0 spiro atoms. The number of hydrogen-bond acceptors (Lipinski definition) is 4. The summed E-state index contributed by atoms with van der Waals surface area (Å²) >= 11 is 0. The monoisotopic (exact) mass is 224 g/mol. The van der Waals surface area contributed by atoms with Gasteiger partial charge in [-0.1, -0.05) is 12.1 Å². The fourth-order valence-corrected chi connectivity index (χ4v) is 1.24. The Morgan fingerprint density at radius 2 is 1.88 bits per heavy atom. The van der Waals surface area contributed by atoms with E-state index >= 15 is 0 Å². The van der Waals surface area contributed by atoms with Gasteiger partial charge in [-0.2, -0.15) is 0 Å². The van der Waals surface area contributed by atoms with Crippen LogP contribution in [0.15, 0.2) is 24.3 Å². The Morgan fingerprint density at radius 1 is 1.31 bits per heavy atom. The molecule has 0 amide bonds. The van der Waals surface area contributed by atoms with Crippen molar-refractivity contribution in [1.29, 1.82) is 0 Å². The van der Waals surface area contributed by atoms with E-state index < -0.39 is 11.8 Å². The minimum absolute atomic E-state index is 0.144. The predicted molar refractivity (Wildman–Crippen MR) is 65.1 cm³/mol. The summed E-state index contributed by atoms with van der Waals surface area (Å²) in [6, 6.07) is 7.55. The summed E-state index contributed by atoms with van der Waals surface area (Å²) in [6.07, 6.45) is -0.151. The summed E-state index contributed by atoms with van der Waals surface area (Å²) in [7, 11) is 0. The zero-order chi connectivity index (χ0) is 12.2. The van der Waals surface area contributed by atoms with E-state index in [1.807, 2.05) is 24.3 Å². The van der Waals surface area contributed by atoms with Crippen molar-refractivity contribution < 1.29 is 10.2 Å².